The Morgan fingerprint density at radius 2 is 2.44 bits per heavy atom. The van der Waals surface area contributed by atoms with Crippen molar-refractivity contribution in [2.45, 2.75) is 33.1 Å². The molecule has 0 unspecified atom stereocenters. The molecule has 1 aromatic heterocycles. The molecule has 0 saturated carbocycles. The van der Waals surface area contributed by atoms with Gasteiger partial charge < -0.3 is 0 Å². The van der Waals surface area contributed by atoms with Gasteiger partial charge in [-0.2, -0.15) is 10.2 Å². The number of halogens is 1. The summed E-state index contributed by atoms with van der Waals surface area (Å²) in [5.41, 5.74) is 3.70. The summed E-state index contributed by atoms with van der Waals surface area (Å²) in [7, 11) is 0. The lowest BCUT2D eigenvalue weighted by Gasteiger charge is -2.03. The molecule has 0 fully saturated rings. The highest BCUT2D eigenvalue weighted by molar-refractivity contribution is 6.32. The van der Waals surface area contributed by atoms with Crippen LogP contribution in [-0.2, 0) is 0 Å². The molecule has 1 heterocycles. The van der Waals surface area contributed by atoms with Crippen molar-refractivity contribution in [1.29, 1.82) is 0 Å². The summed E-state index contributed by atoms with van der Waals surface area (Å²) in [5.74, 6) is 0. The number of nitrogens with zero attached hydrogens (tertiary/aromatic N) is 2. The predicted octanol–water partition coefficient (Wildman–Crippen LogP) is 2.40. The van der Waals surface area contributed by atoms with Gasteiger partial charge in [0.15, 0.2) is 0 Å². The Balaban J connectivity index is 2.67. The van der Waals surface area contributed by atoms with E-state index in [2.05, 4.69) is 27.6 Å². The average molecular weight is 243 g/mol. The van der Waals surface area contributed by atoms with E-state index in [1.807, 2.05) is 6.92 Å². The molecule has 0 bridgehead atoms. The van der Waals surface area contributed by atoms with Crippen molar-refractivity contribution < 1.29 is 0 Å². The second-order valence-corrected chi connectivity index (χ2v) is 3.87. The maximum absolute atomic E-state index is 11.1. The van der Waals surface area contributed by atoms with Gasteiger partial charge in [0.05, 0.1) is 6.20 Å². The maximum Gasteiger partial charge on any atom is 0.285 e. The molecule has 1 aromatic rings. The van der Waals surface area contributed by atoms with Gasteiger partial charge in [0.1, 0.15) is 10.7 Å². The lowest BCUT2D eigenvalue weighted by molar-refractivity contribution is 0.831. The van der Waals surface area contributed by atoms with Gasteiger partial charge in [-0.1, -0.05) is 24.9 Å². The van der Waals surface area contributed by atoms with Gasteiger partial charge in [-0.15, -0.1) is 0 Å². The number of hydrogen-bond donors (Lipinski definition) is 2. The van der Waals surface area contributed by atoms with E-state index in [0.29, 0.717) is 5.69 Å². The number of aromatic nitrogens is 2. The summed E-state index contributed by atoms with van der Waals surface area (Å²) in [6.45, 7) is 4.05. The minimum atomic E-state index is -0.423. The van der Waals surface area contributed by atoms with E-state index in [1.54, 1.807) is 0 Å². The van der Waals surface area contributed by atoms with Crippen LogP contribution >= 0.6 is 11.6 Å². The smallest absolute Gasteiger partial charge is 0.275 e. The first-order valence-electron chi connectivity index (χ1n) is 5.17. The maximum atomic E-state index is 11.1. The molecule has 0 radical (unpaired) electrons. The Kier molecular flexibility index (Phi) is 4.98. The Bertz CT molecular complexity index is 427. The molecule has 5 nitrogen and oxygen atoms in total. The molecule has 0 atom stereocenters. The van der Waals surface area contributed by atoms with Crippen LogP contribution < -0.4 is 11.0 Å². The van der Waals surface area contributed by atoms with E-state index in [0.717, 1.165) is 25.0 Å². The van der Waals surface area contributed by atoms with Crippen LogP contribution in [0.25, 0.3) is 0 Å². The molecule has 0 spiro atoms. The molecule has 0 aliphatic rings. The molecule has 0 saturated heterocycles. The summed E-state index contributed by atoms with van der Waals surface area (Å²) in [6, 6.07) is 0. The van der Waals surface area contributed by atoms with E-state index < -0.39 is 5.56 Å². The van der Waals surface area contributed by atoms with Gasteiger partial charge in [-0.25, -0.2) is 5.10 Å². The number of nitrogens with one attached hydrogen (secondary N) is 2. The molecule has 16 heavy (non-hydrogen) atoms. The van der Waals surface area contributed by atoms with Crippen molar-refractivity contribution in [3.8, 4) is 0 Å². The van der Waals surface area contributed by atoms with E-state index >= 15 is 0 Å². The quantitative estimate of drug-likeness (QED) is 0.615. The fourth-order valence-electron chi connectivity index (χ4n) is 1.11. The first-order valence-corrected chi connectivity index (χ1v) is 5.55. The lowest BCUT2D eigenvalue weighted by atomic mass is 10.2. The Morgan fingerprint density at radius 1 is 1.69 bits per heavy atom. The van der Waals surface area contributed by atoms with Crippen molar-refractivity contribution in [2.24, 2.45) is 5.10 Å². The number of hydrazone groups is 1. The first kappa shape index (κ1) is 12.7. The topological polar surface area (TPSA) is 70.1 Å². The summed E-state index contributed by atoms with van der Waals surface area (Å²) < 4.78 is 0. The molecule has 6 heteroatoms. The zero-order valence-corrected chi connectivity index (χ0v) is 10.1. The lowest BCUT2D eigenvalue weighted by Crippen LogP contribution is -2.10. The van der Waals surface area contributed by atoms with E-state index in [4.69, 9.17) is 11.6 Å². The fourth-order valence-corrected chi connectivity index (χ4v) is 1.24. The Hall–Kier alpha value is -1.36. The number of H-pyrrole nitrogens is 1. The highest BCUT2D eigenvalue weighted by atomic mass is 35.5. The van der Waals surface area contributed by atoms with Crippen molar-refractivity contribution in [1.82, 2.24) is 10.2 Å². The standard InChI is InChI=1S/C10H15ClN4O/c1-3-4-5-7(2)13-14-8-6-12-15-10(16)9(8)11/h6H,3-5H2,1-2H3,(H2,14,15,16)/b13-7-. The van der Waals surface area contributed by atoms with Crippen molar-refractivity contribution >= 4 is 23.0 Å². The predicted molar refractivity (Wildman–Crippen MR) is 66.1 cm³/mol. The van der Waals surface area contributed by atoms with Crippen LogP contribution in [-0.4, -0.2) is 15.9 Å². The second kappa shape index (κ2) is 6.27. The number of unbranched alkanes of at least 4 members (excludes halogenated alkanes) is 1. The molecule has 1 rings (SSSR count). The molecule has 0 amide bonds. The van der Waals surface area contributed by atoms with E-state index in [1.165, 1.54) is 6.20 Å². The zero-order valence-electron chi connectivity index (χ0n) is 9.38. The molecular formula is C10H15ClN4O. The van der Waals surface area contributed by atoms with Crippen molar-refractivity contribution in [2.75, 3.05) is 5.43 Å². The van der Waals surface area contributed by atoms with Gasteiger partial charge in [0, 0.05) is 5.71 Å². The number of anilines is 1. The monoisotopic (exact) mass is 242 g/mol. The van der Waals surface area contributed by atoms with Crippen molar-refractivity contribution in [3.05, 3.63) is 21.6 Å². The van der Waals surface area contributed by atoms with Crippen LogP contribution in [0.4, 0.5) is 5.69 Å². The molecule has 0 aromatic carbocycles. The number of hydrogen-bond acceptors (Lipinski definition) is 4. The normalized spacial score (nSPS) is 11.6. The summed E-state index contributed by atoms with van der Waals surface area (Å²) in [4.78, 5) is 11.1. The summed E-state index contributed by atoms with van der Waals surface area (Å²) in [6.07, 6.45) is 4.58. The second-order valence-electron chi connectivity index (χ2n) is 3.49. The SMILES string of the molecule is CCCC/C(C)=N\Nc1cn[nH]c(=O)c1Cl. The van der Waals surface area contributed by atoms with Crippen LogP contribution in [0.3, 0.4) is 0 Å². The van der Waals surface area contributed by atoms with Crippen molar-refractivity contribution in [3.63, 3.8) is 0 Å². The minimum absolute atomic E-state index is 0.0713. The largest absolute Gasteiger partial charge is 0.285 e. The number of rotatable bonds is 5. The van der Waals surface area contributed by atoms with Gasteiger partial charge in [0.2, 0.25) is 0 Å². The third kappa shape index (κ3) is 3.66. The molecule has 2 N–H and O–H groups in total. The van der Waals surface area contributed by atoms with Crippen LogP contribution in [0.15, 0.2) is 16.1 Å². The van der Waals surface area contributed by atoms with Crippen LogP contribution in [0.5, 0.6) is 0 Å². The van der Waals surface area contributed by atoms with Gasteiger partial charge in [-0.05, 0) is 19.8 Å². The average Bonchev–Trinajstić information content (AvgIpc) is 2.28. The van der Waals surface area contributed by atoms with Crippen LogP contribution in [0.2, 0.25) is 5.02 Å². The Morgan fingerprint density at radius 3 is 3.12 bits per heavy atom. The fraction of sp³-hybridized carbons (Fsp3) is 0.500. The summed E-state index contributed by atoms with van der Waals surface area (Å²) in [5, 5.41) is 10.1. The van der Waals surface area contributed by atoms with Crippen LogP contribution in [0, 0.1) is 0 Å². The summed E-state index contributed by atoms with van der Waals surface area (Å²) >= 11 is 5.77. The van der Waals surface area contributed by atoms with E-state index in [-0.39, 0.29) is 5.02 Å². The number of aromatic amines is 1. The highest BCUT2D eigenvalue weighted by Gasteiger charge is 2.03. The highest BCUT2D eigenvalue weighted by Crippen LogP contribution is 2.14. The molecule has 0 aliphatic heterocycles. The van der Waals surface area contributed by atoms with Crippen LogP contribution in [0.1, 0.15) is 33.1 Å². The van der Waals surface area contributed by atoms with Gasteiger partial charge in [0.25, 0.3) is 5.56 Å². The van der Waals surface area contributed by atoms with Gasteiger partial charge >= 0.3 is 0 Å². The zero-order chi connectivity index (χ0) is 12.0. The van der Waals surface area contributed by atoms with E-state index in [9.17, 15) is 4.79 Å². The third-order valence-electron chi connectivity index (χ3n) is 2.05. The van der Waals surface area contributed by atoms with Gasteiger partial charge in [-0.3, -0.25) is 10.2 Å². The third-order valence-corrected chi connectivity index (χ3v) is 2.43. The molecular weight excluding hydrogens is 228 g/mol. The Labute approximate surface area is 98.9 Å². The molecule has 88 valence electrons. The molecule has 0 aliphatic carbocycles. The first-order chi connectivity index (χ1) is 7.65. The minimum Gasteiger partial charge on any atom is -0.275 e.